The van der Waals surface area contributed by atoms with Gasteiger partial charge in [-0.15, -0.1) is 0 Å². The van der Waals surface area contributed by atoms with Crippen LogP contribution in [0.1, 0.15) is 31.9 Å². The minimum atomic E-state index is -0.616. The van der Waals surface area contributed by atoms with E-state index >= 15 is 0 Å². The molecule has 0 heterocycles. The summed E-state index contributed by atoms with van der Waals surface area (Å²) in [4.78, 5) is 12.2. The number of methoxy groups -OCH3 is 1. The molecular formula is C19H23NO4. The first kappa shape index (κ1) is 17.8. The highest BCUT2D eigenvalue weighted by atomic mass is 16.6. The number of rotatable bonds is 4. The third-order valence-corrected chi connectivity index (χ3v) is 3.60. The van der Waals surface area contributed by atoms with E-state index in [9.17, 15) is 9.90 Å². The Balaban J connectivity index is 2.32. The molecule has 0 aliphatic carbocycles. The van der Waals surface area contributed by atoms with Crippen LogP contribution >= 0.6 is 0 Å². The molecule has 2 aromatic carbocycles. The quantitative estimate of drug-likeness (QED) is 0.886. The van der Waals surface area contributed by atoms with Crippen LogP contribution in [0.2, 0.25) is 0 Å². The van der Waals surface area contributed by atoms with Crippen molar-refractivity contribution in [2.45, 2.75) is 32.8 Å². The molecule has 0 radical (unpaired) electrons. The number of benzene rings is 2. The average molecular weight is 329 g/mol. The first-order valence-corrected chi connectivity index (χ1v) is 7.71. The monoisotopic (exact) mass is 329 g/mol. The SMILES string of the molecule is COc1c(CO)cc(C(C)(C)C)cc1NC(=O)Oc1ccccc1. The van der Waals surface area contributed by atoms with Crippen molar-refractivity contribution in [2.75, 3.05) is 12.4 Å². The summed E-state index contributed by atoms with van der Waals surface area (Å²) in [6.07, 6.45) is -0.616. The Bertz CT molecular complexity index is 705. The van der Waals surface area contributed by atoms with Gasteiger partial charge in [-0.2, -0.15) is 0 Å². The molecule has 0 aliphatic rings. The second kappa shape index (κ2) is 7.36. The van der Waals surface area contributed by atoms with Crippen molar-refractivity contribution < 1.29 is 19.4 Å². The zero-order valence-electron chi connectivity index (χ0n) is 14.4. The van der Waals surface area contributed by atoms with E-state index < -0.39 is 6.09 Å². The number of carbonyl (C=O) groups excluding carboxylic acids is 1. The Morgan fingerprint density at radius 2 is 1.83 bits per heavy atom. The van der Waals surface area contributed by atoms with Gasteiger partial charge in [-0.3, -0.25) is 5.32 Å². The van der Waals surface area contributed by atoms with E-state index in [1.54, 1.807) is 24.3 Å². The molecule has 128 valence electrons. The smallest absolute Gasteiger partial charge is 0.417 e. The van der Waals surface area contributed by atoms with Crippen molar-refractivity contribution in [3.63, 3.8) is 0 Å². The highest BCUT2D eigenvalue weighted by Gasteiger charge is 2.20. The molecule has 2 rings (SSSR count). The number of aliphatic hydroxyl groups excluding tert-OH is 1. The summed E-state index contributed by atoms with van der Waals surface area (Å²) in [5.41, 5.74) is 1.91. The lowest BCUT2D eigenvalue weighted by atomic mass is 9.85. The van der Waals surface area contributed by atoms with Crippen LogP contribution in [0.5, 0.6) is 11.5 Å². The first-order valence-electron chi connectivity index (χ1n) is 7.71. The molecule has 2 aromatic rings. The molecule has 2 N–H and O–H groups in total. The lowest BCUT2D eigenvalue weighted by Gasteiger charge is -2.23. The Hall–Kier alpha value is -2.53. The highest BCUT2D eigenvalue weighted by Crippen LogP contribution is 2.35. The van der Waals surface area contributed by atoms with Gasteiger partial charge in [-0.1, -0.05) is 39.0 Å². The summed E-state index contributed by atoms with van der Waals surface area (Å²) in [5.74, 6) is 0.874. The van der Waals surface area contributed by atoms with Crippen LogP contribution in [0, 0.1) is 0 Å². The third-order valence-electron chi connectivity index (χ3n) is 3.60. The number of hydrogen-bond acceptors (Lipinski definition) is 4. The number of ether oxygens (including phenoxy) is 2. The number of amides is 1. The van der Waals surface area contributed by atoms with E-state index in [1.165, 1.54) is 7.11 Å². The van der Waals surface area contributed by atoms with Crippen molar-refractivity contribution >= 4 is 11.8 Å². The molecule has 0 saturated heterocycles. The van der Waals surface area contributed by atoms with E-state index in [4.69, 9.17) is 9.47 Å². The van der Waals surface area contributed by atoms with Gasteiger partial charge in [0.1, 0.15) is 11.5 Å². The molecule has 0 fully saturated rings. The van der Waals surface area contributed by atoms with Crippen molar-refractivity contribution in [2.24, 2.45) is 0 Å². The average Bonchev–Trinajstić information content (AvgIpc) is 2.54. The molecule has 0 atom stereocenters. The molecule has 24 heavy (non-hydrogen) atoms. The topological polar surface area (TPSA) is 67.8 Å². The van der Waals surface area contributed by atoms with Gasteiger partial charge in [0.05, 0.1) is 19.4 Å². The predicted octanol–water partition coefficient (Wildman–Crippen LogP) is 4.10. The summed E-state index contributed by atoms with van der Waals surface area (Å²) in [5, 5.41) is 12.3. The fraction of sp³-hybridized carbons (Fsp3) is 0.316. The van der Waals surface area contributed by atoms with Crippen molar-refractivity contribution in [1.29, 1.82) is 0 Å². The van der Waals surface area contributed by atoms with Crippen molar-refractivity contribution in [3.05, 3.63) is 53.6 Å². The van der Waals surface area contributed by atoms with Crippen LogP contribution in [0.4, 0.5) is 10.5 Å². The van der Waals surface area contributed by atoms with Gasteiger partial charge in [0.15, 0.2) is 0 Å². The summed E-state index contributed by atoms with van der Waals surface area (Å²) in [6, 6.07) is 12.5. The molecule has 0 aliphatic heterocycles. The van der Waals surface area contributed by atoms with Gasteiger partial charge >= 0.3 is 6.09 Å². The number of carbonyl (C=O) groups is 1. The molecule has 5 heteroatoms. The number of anilines is 1. The molecule has 0 aromatic heterocycles. The van der Waals surface area contributed by atoms with Crippen LogP contribution < -0.4 is 14.8 Å². The van der Waals surface area contributed by atoms with Gasteiger partial charge in [-0.05, 0) is 35.2 Å². The second-order valence-electron chi connectivity index (χ2n) is 6.45. The van der Waals surface area contributed by atoms with Crippen LogP contribution in [0.3, 0.4) is 0 Å². The predicted molar refractivity (Wildman–Crippen MR) is 93.7 cm³/mol. The number of aliphatic hydroxyl groups is 1. The van der Waals surface area contributed by atoms with Gasteiger partial charge < -0.3 is 14.6 Å². The second-order valence-corrected chi connectivity index (χ2v) is 6.45. The lowest BCUT2D eigenvalue weighted by molar-refractivity contribution is 0.215. The molecule has 1 amide bonds. The standard InChI is InChI=1S/C19H23NO4/c1-19(2,3)14-10-13(12-21)17(23-4)16(11-14)20-18(22)24-15-8-6-5-7-9-15/h5-11,21H,12H2,1-4H3,(H,20,22). The van der Waals surface area contributed by atoms with Gasteiger partial charge in [0, 0.05) is 5.56 Å². The van der Waals surface area contributed by atoms with Gasteiger partial charge in [0.2, 0.25) is 0 Å². The molecule has 0 saturated carbocycles. The maximum absolute atomic E-state index is 12.2. The van der Waals surface area contributed by atoms with Gasteiger partial charge in [0.25, 0.3) is 0 Å². The fourth-order valence-corrected chi connectivity index (χ4v) is 2.30. The van der Waals surface area contributed by atoms with Crippen molar-refractivity contribution in [3.8, 4) is 11.5 Å². The summed E-state index contributed by atoms with van der Waals surface area (Å²) >= 11 is 0. The van der Waals surface area contributed by atoms with Crippen LogP contribution in [-0.2, 0) is 12.0 Å². The lowest BCUT2D eigenvalue weighted by Crippen LogP contribution is -2.19. The molecule has 0 bridgehead atoms. The molecular weight excluding hydrogens is 306 g/mol. The summed E-state index contributed by atoms with van der Waals surface area (Å²) in [6.45, 7) is 5.99. The van der Waals surface area contributed by atoms with E-state index in [1.807, 2.05) is 18.2 Å². The minimum Gasteiger partial charge on any atom is -0.494 e. The number of para-hydroxylation sites is 1. The van der Waals surface area contributed by atoms with Crippen LogP contribution in [0.15, 0.2) is 42.5 Å². The molecule has 0 unspecified atom stereocenters. The molecule has 0 spiro atoms. The van der Waals surface area contributed by atoms with E-state index in [0.29, 0.717) is 22.7 Å². The highest BCUT2D eigenvalue weighted by molar-refractivity contribution is 5.89. The maximum Gasteiger partial charge on any atom is 0.417 e. The largest absolute Gasteiger partial charge is 0.494 e. The Morgan fingerprint density at radius 1 is 1.17 bits per heavy atom. The Kier molecular flexibility index (Phi) is 5.46. The summed E-state index contributed by atoms with van der Waals surface area (Å²) in [7, 11) is 1.50. The fourth-order valence-electron chi connectivity index (χ4n) is 2.30. The maximum atomic E-state index is 12.2. The summed E-state index contributed by atoms with van der Waals surface area (Å²) < 4.78 is 10.6. The van der Waals surface area contributed by atoms with Crippen LogP contribution in [0.25, 0.3) is 0 Å². The van der Waals surface area contributed by atoms with Crippen LogP contribution in [-0.4, -0.2) is 18.3 Å². The minimum absolute atomic E-state index is 0.143. The first-order chi connectivity index (χ1) is 11.3. The zero-order chi connectivity index (χ0) is 17.7. The van der Waals surface area contributed by atoms with E-state index in [-0.39, 0.29) is 12.0 Å². The third kappa shape index (κ3) is 4.26. The van der Waals surface area contributed by atoms with E-state index in [0.717, 1.165) is 5.56 Å². The Labute approximate surface area is 142 Å². The molecule has 5 nitrogen and oxygen atoms in total. The zero-order valence-corrected chi connectivity index (χ0v) is 14.4. The van der Waals surface area contributed by atoms with Gasteiger partial charge in [-0.25, -0.2) is 4.79 Å². The normalized spacial score (nSPS) is 11.0. The van der Waals surface area contributed by atoms with E-state index in [2.05, 4.69) is 26.1 Å². The number of nitrogens with one attached hydrogen (secondary N) is 1. The number of hydrogen-bond donors (Lipinski definition) is 2. The Morgan fingerprint density at radius 3 is 2.38 bits per heavy atom. The van der Waals surface area contributed by atoms with Crippen molar-refractivity contribution in [1.82, 2.24) is 0 Å².